The fourth-order valence-corrected chi connectivity index (χ4v) is 4.59. The summed E-state index contributed by atoms with van der Waals surface area (Å²) >= 11 is 0. The summed E-state index contributed by atoms with van der Waals surface area (Å²) < 4.78 is 7.31. The number of hydrogen-bond donors (Lipinski definition) is 2. The zero-order valence-corrected chi connectivity index (χ0v) is 17.0. The van der Waals surface area contributed by atoms with Gasteiger partial charge in [0.05, 0.1) is 23.8 Å². The first-order valence-corrected chi connectivity index (χ1v) is 10.2. The van der Waals surface area contributed by atoms with Crippen LogP contribution >= 0.6 is 0 Å². The molecule has 0 aromatic carbocycles. The number of hydrogen-bond acceptors (Lipinski definition) is 5. The third-order valence-corrected chi connectivity index (χ3v) is 6.02. The molecule has 4 aromatic rings. The van der Waals surface area contributed by atoms with Gasteiger partial charge in [-0.15, -0.1) is 0 Å². The molecule has 1 fully saturated rings. The summed E-state index contributed by atoms with van der Waals surface area (Å²) in [5, 5.41) is 4.30. The molecule has 0 spiro atoms. The van der Waals surface area contributed by atoms with E-state index < -0.39 is 0 Å². The fraction of sp³-hybridized carbons (Fsp3) is 0.409. The van der Waals surface area contributed by atoms with Gasteiger partial charge in [0.25, 0.3) is 0 Å². The molecule has 0 saturated heterocycles. The van der Waals surface area contributed by atoms with Gasteiger partial charge < -0.3 is 15.5 Å². The van der Waals surface area contributed by atoms with E-state index in [1.54, 1.807) is 11.6 Å². The van der Waals surface area contributed by atoms with Crippen molar-refractivity contribution in [2.75, 3.05) is 7.11 Å². The third kappa shape index (κ3) is 2.97. The molecule has 2 atom stereocenters. The van der Waals surface area contributed by atoms with Gasteiger partial charge in [-0.2, -0.15) is 5.10 Å². The number of rotatable bonds is 4. The lowest BCUT2D eigenvalue weighted by Crippen LogP contribution is -2.14. The Morgan fingerprint density at radius 1 is 1.28 bits per heavy atom. The van der Waals surface area contributed by atoms with E-state index in [1.807, 2.05) is 12.3 Å². The molecule has 1 saturated carbocycles. The number of methoxy groups -OCH3 is 1. The summed E-state index contributed by atoms with van der Waals surface area (Å²) in [5.41, 5.74) is 13.4. The highest BCUT2D eigenvalue weighted by molar-refractivity contribution is 5.89. The maximum absolute atomic E-state index is 6.14. The van der Waals surface area contributed by atoms with E-state index in [2.05, 4.69) is 41.0 Å². The van der Waals surface area contributed by atoms with Crippen molar-refractivity contribution in [2.45, 2.75) is 51.0 Å². The summed E-state index contributed by atoms with van der Waals surface area (Å²) in [5.74, 6) is 1.46. The minimum absolute atomic E-state index is 0.297. The van der Waals surface area contributed by atoms with Gasteiger partial charge in [-0.05, 0) is 43.4 Å². The van der Waals surface area contributed by atoms with Crippen molar-refractivity contribution < 1.29 is 4.74 Å². The van der Waals surface area contributed by atoms with E-state index in [9.17, 15) is 0 Å². The molecule has 4 aromatic heterocycles. The van der Waals surface area contributed by atoms with Crippen LogP contribution in [0.25, 0.3) is 27.9 Å². The van der Waals surface area contributed by atoms with Gasteiger partial charge in [0.1, 0.15) is 6.33 Å². The number of fused-ring (bicyclic) bond motifs is 2. The normalized spacial score (nSPS) is 19.6. The van der Waals surface area contributed by atoms with E-state index in [4.69, 9.17) is 15.5 Å². The molecule has 29 heavy (non-hydrogen) atoms. The number of aromatic nitrogens is 5. The van der Waals surface area contributed by atoms with Crippen LogP contribution in [0.2, 0.25) is 0 Å². The topological polar surface area (TPSA) is 94.1 Å². The van der Waals surface area contributed by atoms with Crippen molar-refractivity contribution in [2.24, 2.45) is 5.73 Å². The first-order chi connectivity index (χ1) is 14.0. The van der Waals surface area contributed by atoms with Crippen LogP contribution in [0.4, 0.5) is 0 Å². The van der Waals surface area contributed by atoms with Gasteiger partial charge in [0.2, 0.25) is 0 Å². The Morgan fingerprint density at radius 3 is 2.86 bits per heavy atom. The molecule has 5 rings (SSSR count). The van der Waals surface area contributed by atoms with Gasteiger partial charge in [0, 0.05) is 35.0 Å². The second kappa shape index (κ2) is 6.84. The molecule has 2 unspecified atom stereocenters. The van der Waals surface area contributed by atoms with Gasteiger partial charge >= 0.3 is 0 Å². The zero-order valence-electron chi connectivity index (χ0n) is 17.0. The van der Waals surface area contributed by atoms with Gasteiger partial charge in [-0.1, -0.05) is 13.8 Å². The third-order valence-electron chi connectivity index (χ3n) is 6.02. The minimum Gasteiger partial charge on any atom is -0.493 e. The maximum atomic E-state index is 6.14. The average Bonchev–Trinajstić information content (AvgIpc) is 3.43. The number of H-pyrrole nitrogens is 1. The summed E-state index contributed by atoms with van der Waals surface area (Å²) in [4.78, 5) is 13.0. The van der Waals surface area contributed by atoms with Crippen LogP contribution in [0.5, 0.6) is 5.75 Å². The highest BCUT2D eigenvalue weighted by Gasteiger charge is 2.26. The summed E-state index contributed by atoms with van der Waals surface area (Å²) in [6, 6.07) is 6.61. The predicted octanol–water partition coefficient (Wildman–Crippen LogP) is 4.00. The fourth-order valence-electron chi connectivity index (χ4n) is 4.59. The molecule has 4 heterocycles. The molecule has 7 heteroatoms. The Labute approximate surface area is 169 Å². The van der Waals surface area contributed by atoms with E-state index in [0.717, 1.165) is 47.2 Å². The van der Waals surface area contributed by atoms with E-state index in [1.165, 1.54) is 11.9 Å². The van der Waals surface area contributed by atoms with Crippen molar-refractivity contribution in [1.29, 1.82) is 0 Å². The molecule has 150 valence electrons. The van der Waals surface area contributed by atoms with Crippen molar-refractivity contribution in [3.63, 3.8) is 0 Å². The van der Waals surface area contributed by atoms with Crippen LogP contribution in [0, 0.1) is 0 Å². The molecular formula is C22H26N6O. The Bertz CT molecular complexity index is 1190. The molecule has 0 bridgehead atoms. The largest absolute Gasteiger partial charge is 0.493 e. The molecule has 0 amide bonds. The van der Waals surface area contributed by atoms with Gasteiger partial charge in [-0.25, -0.2) is 9.50 Å². The lowest BCUT2D eigenvalue weighted by Gasteiger charge is -2.12. The molecule has 1 aliphatic rings. The van der Waals surface area contributed by atoms with Crippen LogP contribution in [0.15, 0.2) is 30.7 Å². The molecular weight excluding hydrogens is 364 g/mol. The molecule has 0 radical (unpaired) electrons. The summed E-state index contributed by atoms with van der Waals surface area (Å²) in [6.07, 6.45) is 6.74. The minimum atomic E-state index is 0.297. The Kier molecular flexibility index (Phi) is 4.28. The number of aromatic amines is 1. The summed E-state index contributed by atoms with van der Waals surface area (Å²) in [7, 11) is 1.66. The standard InChI is InChI=1S/C22H26N6O/c1-12(2)19-20(14-9-18(29-3)22-24-11-25-28(22)10-14)27-17-7-6-16(26-21(17)19)13-4-5-15(23)8-13/h6-7,9-13,15,27H,4-5,8,23H2,1-3H3. The van der Waals surface area contributed by atoms with Gasteiger partial charge in [-0.3, -0.25) is 4.98 Å². The molecule has 1 aliphatic carbocycles. The predicted molar refractivity (Wildman–Crippen MR) is 113 cm³/mol. The van der Waals surface area contributed by atoms with Crippen molar-refractivity contribution >= 4 is 16.7 Å². The van der Waals surface area contributed by atoms with Crippen molar-refractivity contribution in [3.8, 4) is 17.0 Å². The van der Waals surface area contributed by atoms with Crippen molar-refractivity contribution in [3.05, 3.63) is 42.0 Å². The number of ether oxygens (including phenoxy) is 1. The lowest BCUT2D eigenvalue weighted by atomic mass is 9.97. The SMILES string of the molecule is COc1cc(-c2[nH]c3ccc(C4CCC(N)C4)nc3c2C(C)C)cn2ncnc12. The monoisotopic (exact) mass is 390 g/mol. The van der Waals surface area contributed by atoms with E-state index >= 15 is 0 Å². The van der Waals surface area contributed by atoms with Crippen LogP contribution < -0.4 is 10.5 Å². The first kappa shape index (κ1) is 18.1. The Hall–Kier alpha value is -2.93. The Morgan fingerprint density at radius 2 is 2.14 bits per heavy atom. The number of nitrogens with one attached hydrogen (secondary N) is 1. The highest BCUT2D eigenvalue weighted by Crippen LogP contribution is 2.38. The quantitative estimate of drug-likeness (QED) is 0.549. The van der Waals surface area contributed by atoms with Crippen molar-refractivity contribution in [1.82, 2.24) is 24.6 Å². The highest BCUT2D eigenvalue weighted by atomic mass is 16.5. The van der Waals surface area contributed by atoms with Gasteiger partial charge in [0.15, 0.2) is 11.4 Å². The Balaban J connectivity index is 1.69. The maximum Gasteiger partial charge on any atom is 0.197 e. The second-order valence-corrected chi connectivity index (χ2v) is 8.30. The second-order valence-electron chi connectivity index (χ2n) is 8.30. The van der Waals surface area contributed by atoms with Crippen LogP contribution in [-0.4, -0.2) is 37.7 Å². The zero-order chi connectivity index (χ0) is 20.1. The van der Waals surface area contributed by atoms with Crippen LogP contribution in [0.3, 0.4) is 0 Å². The summed E-state index contributed by atoms with van der Waals surface area (Å²) in [6.45, 7) is 4.41. The smallest absolute Gasteiger partial charge is 0.197 e. The lowest BCUT2D eigenvalue weighted by molar-refractivity contribution is 0.416. The van der Waals surface area contributed by atoms with E-state index in [-0.39, 0.29) is 0 Å². The molecule has 7 nitrogen and oxygen atoms in total. The average molecular weight is 390 g/mol. The molecule has 3 N–H and O–H groups in total. The first-order valence-electron chi connectivity index (χ1n) is 10.2. The number of pyridine rings is 2. The molecule has 0 aliphatic heterocycles. The van der Waals surface area contributed by atoms with E-state index in [0.29, 0.717) is 29.3 Å². The van der Waals surface area contributed by atoms with Crippen LogP contribution in [0.1, 0.15) is 56.2 Å². The number of nitrogens with two attached hydrogens (primary N) is 1. The van der Waals surface area contributed by atoms with Crippen LogP contribution in [-0.2, 0) is 0 Å². The number of nitrogens with zero attached hydrogens (tertiary/aromatic N) is 4.